The molecule has 0 saturated heterocycles. The second kappa shape index (κ2) is 6.98. The van der Waals surface area contributed by atoms with Gasteiger partial charge in [-0.25, -0.2) is 4.98 Å². The topological polar surface area (TPSA) is 95.1 Å². The molecule has 2 heterocycles. The van der Waals surface area contributed by atoms with Gasteiger partial charge in [0.05, 0.1) is 11.2 Å². The van der Waals surface area contributed by atoms with Gasteiger partial charge >= 0.3 is 0 Å². The molecule has 0 atom stereocenters. The zero-order chi connectivity index (χ0) is 19.0. The van der Waals surface area contributed by atoms with Gasteiger partial charge < -0.3 is 10.1 Å². The number of nitrogens with one attached hydrogen (secondary N) is 2. The molecule has 134 valence electrons. The van der Waals surface area contributed by atoms with Crippen LogP contribution in [-0.2, 0) is 0 Å². The Bertz CT molecular complexity index is 1220. The molecule has 0 fully saturated rings. The summed E-state index contributed by atoms with van der Waals surface area (Å²) >= 11 is 4.62. The zero-order valence-corrected chi connectivity index (χ0v) is 16.1. The van der Waals surface area contributed by atoms with Crippen molar-refractivity contribution in [2.75, 3.05) is 5.32 Å². The molecule has 6 nitrogen and oxygen atoms in total. The van der Waals surface area contributed by atoms with Gasteiger partial charge in [0, 0.05) is 20.8 Å². The normalized spacial score (nSPS) is 10.9. The molecule has 0 aliphatic rings. The van der Waals surface area contributed by atoms with Crippen LogP contribution in [0.4, 0.5) is 5.13 Å². The average molecular weight is 442 g/mol. The smallest absolute Gasteiger partial charge is 0.266 e. The van der Waals surface area contributed by atoms with Crippen molar-refractivity contribution in [3.8, 4) is 17.0 Å². The van der Waals surface area contributed by atoms with Crippen LogP contribution >= 0.6 is 27.3 Å². The van der Waals surface area contributed by atoms with E-state index in [1.54, 1.807) is 24.3 Å². The number of aromatic amines is 1. The van der Waals surface area contributed by atoms with Crippen LogP contribution in [-0.4, -0.2) is 21.0 Å². The first kappa shape index (κ1) is 17.4. The Labute approximate surface area is 165 Å². The molecule has 27 heavy (non-hydrogen) atoms. The van der Waals surface area contributed by atoms with Crippen molar-refractivity contribution >= 4 is 49.2 Å². The first-order chi connectivity index (χ1) is 13.0. The number of halogens is 1. The number of aromatic nitrogens is 2. The van der Waals surface area contributed by atoms with E-state index in [2.05, 4.69) is 31.2 Å². The van der Waals surface area contributed by atoms with Gasteiger partial charge in [-0.3, -0.25) is 14.9 Å². The minimum Gasteiger partial charge on any atom is -0.506 e. The van der Waals surface area contributed by atoms with Crippen molar-refractivity contribution < 1.29 is 9.90 Å². The van der Waals surface area contributed by atoms with E-state index < -0.39 is 11.5 Å². The number of H-pyrrole nitrogens is 1. The number of anilines is 1. The van der Waals surface area contributed by atoms with Gasteiger partial charge in [0.15, 0.2) is 5.13 Å². The Kier molecular flexibility index (Phi) is 4.51. The summed E-state index contributed by atoms with van der Waals surface area (Å²) in [5, 5.41) is 15.5. The highest BCUT2D eigenvalue weighted by Crippen LogP contribution is 2.28. The van der Waals surface area contributed by atoms with Gasteiger partial charge in [-0.15, -0.1) is 11.3 Å². The van der Waals surface area contributed by atoms with Gasteiger partial charge in [-0.05, 0) is 24.3 Å². The predicted octanol–water partition coefficient (Wildman–Crippen LogP) is 4.37. The Morgan fingerprint density at radius 2 is 1.89 bits per heavy atom. The number of amides is 1. The molecule has 0 bridgehead atoms. The number of benzene rings is 2. The molecule has 0 unspecified atom stereocenters. The monoisotopic (exact) mass is 441 g/mol. The number of rotatable bonds is 3. The second-order valence-electron chi connectivity index (χ2n) is 5.72. The van der Waals surface area contributed by atoms with Crippen LogP contribution < -0.4 is 10.9 Å². The first-order valence-electron chi connectivity index (χ1n) is 7.90. The fraction of sp³-hybridized carbons (Fsp3) is 0. The number of hydrogen-bond acceptors (Lipinski definition) is 5. The molecule has 3 N–H and O–H groups in total. The Hall–Kier alpha value is -2.97. The van der Waals surface area contributed by atoms with Crippen LogP contribution in [0.2, 0.25) is 0 Å². The third-order valence-corrected chi connectivity index (χ3v) is 5.27. The lowest BCUT2D eigenvalue weighted by molar-refractivity contribution is 0.102. The van der Waals surface area contributed by atoms with Gasteiger partial charge in [0.2, 0.25) is 0 Å². The molecular formula is C19H12BrN3O3S. The second-order valence-corrected chi connectivity index (χ2v) is 7.50. The molecule has 4 aromatic rings. The Morgan fingerprint density at radius 3 is 2.67 bits per heavy atom. The van der Waals surface area contributed by atoms with Crippen LogP contribution in [0.1, 0.15) is 10.4 Å². The van der Waals surface area contributed by atoms with E-state index >= 15 is 0 Å². The van der Waals surface area contributed by atoms with Crippen molar-refractivity contribution in [2.24, 2.45) is 0 Å². The highest BCUT2D eigenvalue weighted by molar-refractivity contribution is 9.10. The number of fused-ring (bicyclic) bond motifs is 1. The fourth-order valence-electron chi connectivity index (χ4n) is 2.68. The number of nitrogens with zero attached hydrogens (tertiary/aromatic N) is 1. The van der Waals surface area contributed by atoms with Crippen molar-refractivity contribution in [3.63, 3.8) is 0 Å². The molecule has 0 spiro atoms. The summed E-state index contributed by atoms with van der Waals surface area (Å²) < 4.78 is 0.959. The minimum absolute atomic E-state index is 0.338. The van der Waals surface area contributed by atoms with Gasteiger partial charge in [0.1, 0.15) is 11.3 Å². The molecule has 0 saturated carbocycles. The van der Waals surface area contributed by atoms with Crippen LogP contribution in [0.15, 0.2) is 63.2 Å². The summed E-state index contributed by atoms with van der Waals surface area (Å²) in [6.45, 7) is 0. The van der Waals surface area contributed by atoms with Crippen LogP contribution in [0.3, 0.4) is 0 Å². The standard InChI is InChI=1S/C19H12BrN3O3S/c20-11-7-5-10(6-8-11)14-9-27-19(22-14)23-18(26)15-16(24)12-3-1-2-4-13(12)21-17(15)25/h1-9H,(H2,21,24,25)(H,22,23,26). The van der Waals surface area contributed by atoms with Crippen LogP contribution in [0.5, 0.6) is 5.75 Å². The number of aromatic hydroxyl groups is 1. The Balaban J connectivity index is 1.64. The zero-order valence-electron chi connectivity index (χ0n) is 13.7. The number of hydrogen-bond donors (Lipinski definition) is 3. The highest BCUT2D eigenvalue weighted by atomic mass is 79.9. The van der Waals surface area contributed by atoms with Crippen molar-refractivity contribution in [1.29, 1.82) is 0 Å². The molecule has 2 aromatic heterocycles. The minimum atomic E-state index is -0.712. The van der Waals surface area contributed by atoms with E-state index in [4.69, 9.17) is 0 Å². The molecule has 1 amide bonds. The maximum Gasteiger partial charge on any atom is 0.266 e. The summed E-state index contributed by atoms with van der Waals surface area (Å²) in [5.41, 5.74) is 1.08. The summed E-state index contributed by atoms with van der Waals surface area (Å²) in [5.74, 6) is -1.06. The van der Waals surface area contributed by atoms with E-state index in [1.807, 2.05) is 29.6 Å². The summed E-state index contributed by atoms with van der Waals surface area (Å²) in [4.78, 5) is 31.8. The number of pyridine rings is 1. The van der Waals surface area contributed by atoms with Gasteiger partial charge in [-0.2, -0.15) is 0 Å². The lowest BCUT2D eigenvalue weighted by Gasteiger charge is -2.06. The first-order valence-corrected chi connectivity index (χ1v) is 9.57. The van der Waals surface area contributed by atoms with Crippen molar-refractivity contribution in [1.82, 2.24) is 9.97 Å². The van der Waals surface area contributed by atoms with Crippen LogP contribution in [0, 0.1) is 0 Å². The van der Waals surface area contributed by atoms with E-state index in [9.17, 15) is 14.7 Å². The van der Waals surface area contributed by atoms with Gasteiger partial charge in [-0.1, -0.05) is 40.2 Å². The van der Waals surface area contributed by atoms with Crippen LogP contribution in [0.25, 0.3) is 22.2 Å². The third-order valence-electron chi connectivity index (χ3n) is 3.99. The Morgan fingerprint density at radius 1 is 1.15 bits per heavy atom. The fourth-order valence-corrected chi connectivity index (χ4v) is 3.66. The maximum atomic E-state index is 12.6. The molecule has 8 heteroatoms. The molecule has 0 aliphatic heterocycles. The summed E-state index contributed by atoms with van der Waals surface area (Å²) in [7, 11) is 0. The number of para-hydroxylation sites is 1. The number of thiazole rings is 1. The summed E-state index contributed by atoms with van der Waals surface area (Å²) in [6.07, 6.45) is 0. The number of carbonyl (C=O) groups is 1. The molecule has 4 rings (SSSR count). The molecule has 2 aromatic carbocycles. The SMILES string of the molecule is O=C(Nc1nc(-c2ccc(Br)cc2)cs1)c1c(O)c2ccccc2[nH]c1=O. The highest BCUT2D eigenvalue weighted by Gasteiger charge is 2.20. The lowest BCUT2D eigenvalue weighted by atomic mass is 10.1. The molecule has 0 radical (unpaired) electrons. The van der Waals surface area contributed by atoms with Gasteiger partial charge in [0.25, 0.3) is 11.5 Å². The quantitative estimate of drug-likeness (QED) is 0.439. The lowest BCUT2D eigenvalue weighted by Crippen LogP contribution is -2.23. The van der Waals surface area contributed by atoms with E-state index in [0.29, 0.717) is 21.7 Å². The van der Waals surface area contributed by atoms with E-state index in [-0.39, 0.29) is 11.3 Å². The maximum absolute atomic E-state index is 12.6. The predicted molar refractivity (Wildman–Crippen MR) is 109 cm³/mol. The molecule has 0 aliphatic carbocycles. The third kappa shape index (κ3) is 3.36. The summed E-state index contributed by atoms with van der Waals surface area (Å²) in [6, 6.07) is 14.4. The van der Waals surface area contributed by atoms with Crippen molar-refractivity contribution in [2.45, 2.75) is 0 Å². The average Bonchev–Trinajstić information content (AvgIpc) is 3.10. The van der Waals surface area contributed by atoms with E-state index in [0.717, 1.165) is 10.0 Å². The van der Waals surface area contributed by atoms with Crippen molar-refractivity contribution in [3.05, 3.63) is 74.3 Å². The molecular weight excluding hydrogens is 430 g/mol. The largest absolute Gasteiger partial charge is 0.506 e. The van der Waals surface area contributed by atoms with E-state index in [1.165, 1.54) is 11.3 Å². The number of carbonyl (C=O) groups excluding carboxylic acids is 1.